The van der Waals surface area contributed by atoms with Crippen LogP contribution in [0.3, 0.4) is 0 Å². The highest BCUT2D eigenvalue weighted by atomic mass is 79.9. The van der Waals surface area contributed by atoms with Gasteiger partial charge in [0, 0.05) is 28.1 Å². The largest absolute Gasteiger partial charge is 0.310 e. The molecule has 3 rings (SSSR count). The number of rotatable bonds is 3. The lowest BCUT2D eigenvalue weighted by molar-refractivity contribution is -0.122. The van der Waals surface area contributed by atoms with Crippen molar-refractivity contribution in [3.8, 4) is 0 Å². The zero-order chi connectivity index (χ0) is 16.4. The molecule has 0 saturated carbocycles. The molecule has 1 atom stereocenters. The van der Waals surface area contributed by atoms with Crippen molar-refractivity contribution in [3.05, 3.63) is 51.5 Å². The lowest BCUT2D eigenvalue weighted by atomic mass is 10.1. The number of benzene rings is 1. The molecule has 2 aromatic rings. The molecule has 0 spiro atoms. The van der Waals surface area contributed by atoms with E-state index < -0.39 is 0 Å². The van der Waals surface area contributed by atoms with Crippen LogP contribution in [0.2, 0.25) is 0 Å². The van der Waals surface area contributed by atoms with Crippen molar-refractivity contribution in [3.63, 3.8) is 0 Å². The van der Waals surface area contributed by atoms with Gasteiger partial charge >= 0.3 is 0 Å². The van der Waals surface area contributed by atoms with Gasteiger partial charge in [0.2, 0.25) is 11.8 Å². The first kappa shape index (κ1) is 16.1. The number of amides is 2. The summed E-state index contributed by atoms with van der Waals surface area (Å²) in [5.41, 5.74) is 0.787. The van der Waals surface area contributed by atoms with Crippen LogP contribution < -0.4 is 10.2 Å². The van der Waals surface area contributed by atoms with Gasteiger partial charge in [-0.3, -0.25) is 9.59 Å². The van der Waals surface area contributed by atoms with E-state index in [9.17, 15) is 9.59 Å². The molecule has 1 N–H and O–H groups in total. The highest BCUT2D eigenvalue weighted by Gasteiger charge is 2.35. The van der Waals surface area contributed by atoms with Crippen LogP contribution >= 0.6 is 31.9 Å². The third-order valence-corrected chi connectivity index (χ3v) is 4.76. The Labute approximate surface area is 150 Å². The lowest BCUT2D eigenvalue weighted by Gasteiger charge is -2.18. The summed E-state index contributed by atoms with van der Waals surface area (Å²) < 4.78 is 1.68. The van der Waals surface area contributed by atoms with Crippen molar-refractivity contribution < 1.29 is 9.59 Å². The minimum Gasteiger partial charge on any atom is -0.310 e. The van der Waals surface area contributed by atoms with Gasteiger partial charge in [0.1, 0.15) is 5.82 Å². The molecule has 1 aliphatic heterocycles. The predicted octanol–water partition coefficient (Wildman–Crippen LogP) is 3.60. The standard InChI is InChI=1S/C16H13Br2N3O2/c17-11-5-6-14(19-8-11)20-16(23)10-7-15(22)21(9-10)13-4-2-1-3-12(13)18/h1-6,8,10H,7,9H2,(H,19,20,23). The fraction of sp³-hybridized carbons (Fsp3) is 0.188. The maximum atomic E-state index is 12.4. The number of nitrogens with zero attached hydrogens (tertiary/aromatic N) is 2. The Balaban J connectivity index is 1.71. The summed E-state index contributed by atoms with van der Waals surface area (Å²) in [5, 5.41) is 2.76. The Bertz CT molecular complexity index is 749. The van der Waals surface area contributed by atoms with Crippen molar-refractivity contribution in [2.24, 2.45) is 5.92 Å². The van der Waals surface area contributed by atoms with Crippen LogP contribution in [0.4, 0.5) is 11.5 Å². The molecule has 1 unspecified atom stereocenters. The van der Waals surface area contributed by atoms with Crippen LogP contribution in [0.25, 0.3) is 0 Å². The zero-order valence-corrected chi connectivity index (χ0v) is 15.2. The summed E-state index contributed by atoms with van der Waals surface area (Å²) in [6, 6.07) is 11.0. The molecular formula is C16H13Br2N3O2. The Kier molecular flexibility index (Phi) is 4.77. The fourth-order valence-electron chi connectivity index (χ4n) is 2.46. The van der Waals surface area contributed by atoms with Crippen LogP contribution in [0.15, 0.2) is 51.5 Å². The molecule has 2 heterocycles. The highest BCUT2D eigenvalue weighted by Crippen LogP contribution is 2.31. The molecule has 1 aromatic heterocycles. The number of hydrogen-bond acceptors (Lipinski definition) is 3. The number of anilines is 2. The summed E-state index contributed by atoms with van der Waals surface area (Å²) in [5.74, 6) is -0.159. The molecule has 0 aliphatic carbocycles. The maximum Gasteiger partial charge on any atom is 0.230 e. The van der Waals surface area contributed by atoms with E-state index in [-0.39, 0.29) is 24.2 Å². The topological polar surface area (TPSA) is 62.3 Å². The number of nitrogens with one attached hydrogen (secondary N) is 1. The lowest BCUT2D eigenvalue weighted by Crippen LogP contribution is -2.28. The second kappa shape index (κ2) is 6.80. The van der Waals surface area contributed by atoms with E-state index in [1.807, 2.05) is 24.3 Å². The minimum atomic E-state index is -0.389. The molecule has 1 aromatic carbocycles. The molecule has 0 radical (unpaired) electrons. The summed E-state index contributed by atoms with van der Waals surface area (Å²) in [6.07, 6.45) is 1.81. The van der Waals surface area contributed by atoms with E-state index in [1.165, 1.54) is 0 Å². The number of carbonyl (C=O) groups is 2. The van der Waals surface area contributed by atoms with Crippen molar-refractivity contribution in [1.82, 2.24) is 4.98 Å². The third kappa shape index (κ3) is 3.61. The van der Waals surface area contributed by atoms with Gasteiger partial charge in [-0.15, -0.1) is 0 Å². The summed E-state index contributed by atoms with van der Waals surface area (Å²) in [6.45, 7) is 0.365. The van der Waals surface area contributed by atoms with E-state index in [1.54, 1.807) is 23.2 Å². The van der Waals surface area contributed by atoms with E-state index in [2.05, 4.69) is 42.2 Å². The van der Waals surface area contributed by atoms with E-state index in [0.29, 0.717) is 12.4 Å². The average molecular weight is 439 g/mol. The van der Waals surface area contributed by atoms with Crippen LogP contribution in [0.5, 0.6) is 0 Å². The van der Waals surface area contributed by atoms with Gasteiger partial charge in [-0.2, -0.15) is 0 Å². The van der Waals surface area contributed by atoms with Crippen molar-refractivity contribution in [2.75, 3.05) is 16.8 Å². The van der Waals surface area contributed by atoms with E-state index in [4.69, 9.17) is 0 Å². The first-order chi connectivity index (χ1) is 11.0. The molecule has 118 valence electrons. The van der Waals surface area contributed by atoms with Crippen molar-refractivity contribution in [2.45, 2.75) is 6.42 Å². The highest BCUT2D eigenvalue weighted by molar-refractivity contribution is 9.10. The predicted molar refractivity (Wildman–Crippen MR) is 95.2 cm³/mol. The first-order valence-electron chi connectivity index (χ1n) is 7.02. The fourth-order valence-corrected chi connectivity index (χ4v) is 3.20. The van der Waals surface area contributed by atoms with Gasteiger partial charge in [-0.1, -0.05) is 12.1 Å². The van der Waals surface area contributed by atoms with Gasteiger partial charge in [0.15, 0.2) is 0 Å². The van der Waals surface area contributed by atoms with Crippen LogP contribution in [0.1, 0.15) is 6.42 Å². The molecule has 1 aliphatic rings. The summed E-state index contributed by atoms with van der Waals surface area (Å²) in [4.78, 5) is 30.4. The third-order valence-electron chi connectivity index (χ3n) is 3.62. The number of halogens is 2. The quantitative estimate of drug-likeness (QED) is 0.796. The van der Waals surface area contributed by atoms with Gasteiger partial charge < -0.3 is 10.2 Å². The Hall–Kier alpha value is -1.73. The Morgan fingerprint density at radius 1 is 1.22 bits per heavy atom. The molecule has 5 nitrogen and oxygen atoms in total. The molecule has 1 saturated heterocycles. The number of para-hydroxylation sites is 1. The Morgan fingerprint density at radius 2 is 2.00 bits per heavy atom. The summed E-state index contributed by atoms with van der Waals surface area (Å²) in [7, 11) is 0. The normalized spacial score (nSPS) is 17.4. The van der Waals surface area contributed by atoms with Gasteiger partial charge in [0.05, 0.1) is 11.6 Å². The molecule has 0 bridgehead atoms. The number of aromatic nitrogens is 1. The monoisotopic (exact) mass is 437 g/mol. The number of hydrogen-bond donors (Lipinski definition) is 1. The molecule has 23 heavy (non-hydrogen) atoms. The maximum absolute atomic E-state index is 12.4. The summed E-state index contributed by atoms with van der Waals surface area (Å²) >= 11 is 6.74. The van der Waals surface area contributed by atoms with E-state index >= 15 is 0 Å². The van der Waals surface area contributed by atoms with Crippen LogP contribution in [-0.2, 0) is 9.59 Å². The molecule has 1 fully saturated rings. The Morgan fingerprint density at radius 3 is 2.70 bits per heavy atom. The molecular weight excluding hydrogens is 426 g/mol. The SMILES string of the molecule is O=C(Nc1ccc(Br)cn1)C1CC(=O)N(c2ccccc2Br)C1. The molecule has 2 amide bonds. The van der Waals surface area contributed by atoms with Crippen LogP contribution in [-0.4, -0.2) is 23.3 Å². The minimum absolute atomic E-state index is 0.0548. The van der Waals surface area contributed by atoms with E-state index in [0.717, 1.165) is 14.6 Å². The van der Waals surface area contributed by atoms with Gasteiger partial charge in [0.25, 0.3) is 0 Å². The van der Waals surface area contributed by atoms with Gasteiger partial charge in [-0.05, 0) is 56.1 Å². The first-order valence-corrected chi connectivity index (χ1v) is 8.60. The smallest absolute Gasteiger partial charge is 0.230 e. The zero-order valence-electron chi connectivity index (χ0n) is 12.0. The number of carbonyl (C=O) groups excluding carboxylic acids is 2. The molecule has 7 heteroatoms. The van der Waals surface area contributed by atoms with Crippen molar-refractivity contribution >= 4 is 55.2 Å². The second-order valence-electron chi connectivity index (χ2n) is 5.21. The number of pyridine rings is 1. The second-order valence-corrected chi connectivity index (χ2v) is 6.98. The average Bonchev–Trinajstić information content (AvgIpc) is 2.92. The van der Waals surface area contributed by atoms with Crippen molar-refractivity contribution in [1.29, 1.82) is 0 Å². The van der Waals surface area contributed by atoms with Gasteiger partial charge in [-0.25, -0.2) is 4.98 Å². The van der Waals surface area contributed by atoms with Crippen LogP contribution in [0, 0.1) is 5.92 Å².